The van der Waals surface area contributed by atoms with Crippen LogP contribution in [0.15, 0.2) is 18.3 Å². The first-order valence-corrected chi connectivity index (χ1v) is 6.90. The van der Waals surface area contributed by atoms with Crippen molar-refractivity contribution in [3.05, 3.63) is 24.0 Å². The Morgan fingerprint density at radius 2 is 2.32 bits per heavy atom. The highest BCUT2D eigenvalue weighted by molar-refractivity contribution is 5.91. The van der Waals surface area contributed by atoms with Crippen LogP contribution in [-0.2, 0) is 0 Å². The van der Waals surface area contributed by atoms with Crippen molar-refractivity contribution in [3.63, 3.8) is 0 Å². The van der Waals surface area contributed by atoms with E-state index in [4.69, 9.17) is 11.5 Å². The molecule has 0 aromatic carbocycles. The Balaban J connectivity index is 2.26. The molecule has 0 bridgehead atoms. The number of hydrogen-bond donors (Lipinski definition) is 2. The molecule has 1 aliphatic rings. The fraction of sp³-hybridized carbons (Fsp3) is 0.571. The van der Waals surface area contributed by atoms with Gasteiger partial charge in [-0.1, -0.05) is 6.42 Å². The summed E-state index contributed by atoms with van der Waals surface area (Å²) < 4.78 is 0. The normalized spacial score (nSPS) is 22.4. The van der Waals surface area contributed by atoms with E-state index in [9.17, 15) is 4.79 Å². The predicted molar refractivity (Wildman–Crippen MR) is 76.0 cm³/mol. The van der Waals surface area contributed by atoms with Gasteiger partial charge in [0.25, 0.3) is 5.91 Å². The molecule has 1 amide bonds. The minimum absolute atomic E-state index is 0.318. The fourth-order valence-corrected chi connectivity index (χ4v) is 3.04. The van der Waals surface area contributed by atoms with Crippen LogP contribution in [-0.4, -0.2) is 30.0 Å². The monoisotopic (exact) mass is 262 g/mol. The summed E-state index contributed by atoms with van der Waals surface area (Å²) in [4.78, 5) is 17.5. The number of nitrogens with two attached hydrogens (primary N) is 2. The summed E-state index contributed by atoms with van der Waals surface area (Å²) >= 11 is 0. The average molecular weight is 262 g/mol. The summed E-state index contributed by atoms with van der Waals surface area (Å²) in [6, 6.07) is 4.16. The lowest BCUT2D eigenvalue weighted by Crippen LogP contribution is -2.40. The van der Waals surface area contributed by atoms with Crippen molar-refractivity contribution in [2.24, 2.45) is 17.4 Å². The van der Waals surface area contributed by atoms with Crippen LogP contribution in [0.25, 0.3) is 0 Å². The highest BCUT2D eigenvalue weighted by Crippen LogP contribution is 2.32. The number of carbonyl (C=O) groups is 1. The Kier molecular flexibility index (Phi) is 4.37. The van der Waals surface area contributed by atoms with Crippen molar-refractivity contribution < 1.29 is 4.79 Å². The number of anilines is 1. The number of primary amides is 1. The highest BCUT2D eigenvalue weighted by Gasteiger charge is 2.30. The molecule has 19 heavy (non-hydrogen) atoms. The second-order valence-corrected chi connectivity index (χ2v) is 5.04. The van der Waals surface area contributed by atoms with Crippen molar-refractivity contribution in [3.8, 4) is 0 Å². The van der Waals surface area contributed by atoms with Gasteiger partial charge in [0.1, 0.15) is 5.69 Å². The zero-order valence-corrected chi connectivity index (χ0v) is 11.4. The van der Waals surface area contributed by atoms with E-state index in [1.807, 2.05) is 6.07 Å². The molecule has 1 fully saturated rings. The first-order valence-electron chi connectivity index (χ1n) is 6.90. The lowest BCUT2D eigenvalue weighted by Gasteiger charge is -2.34. The van der Waals surface area contributed by atoms with E-state index in [0.29, 0.717) is 17.7 Å². The van der Waals surface area contributed by atoms with Crippen molar-refractivity contribution in [2.75, 3.05) is 18.0 Å². The summed E-state index contributed by atoms with van der Waals surface area (Å²) in [5.74, 6) is 0.0462. The first-order chi connectivity index (χ1) is 9.17. The number of aromatic nitrogens is 1. The molecular formula is C14H22N4O. The van der Waals surface area contributed by atoms with Gasteiger partial charge in [0, 0.05) is 24.5 Å². The standard InChI is InChI=1S/C14H22N4O/c1-2-18(13-5-3-4-10(13)9-15)11-6-7-17-12(8-11)14(16)19/h6-8,10,13H,2-5,9,15H2,1H3,(H2,16,19). The van der Waals surface area contributed by atoms with Crippen LogP contribution in [0.2, 0.25) is 0 Å². The zero-order valence-electron chi connectivity index (χ0n) is 11.4. The Morgan fingerprint density at radius 1 is 1.53 bits per heavy atom. The van der Waals surface area contributed by atoms with Crippen LogP contribution >= 0.6 is 0 Å². The zero-order chi connectivity index (χ0) is 13.8. The third-order valence-electron chi connectivity index (χ3n) is 3.99. The van der Waals surface area contributed by atoms with Gasteiger partial charge in [-0.3, -0.25) is 9.78 Å². The van der Waals surface area contributed by atoms with Gasteiger partial charge in [0.2, 0.25) is 0 Å². The number of rotatable bonds is 5. The molecule has 5 nitrogen and oxygen atoms in total. The Bertz CT molecular complexity index is 449. The molecule has 1 saturated carbocycles. The lowest BCUT2D eigenvalue weighted by atomic mass is 10.0. The molecule has 0 radical (unpaired) electrons. The van der Waals surface area contributed by atoms with E-state index in [1.165, 1.54) is 12.8 Å². The van der Waals surface area contributed by atoms with Crippen molar-refractivity contribution in [1.82, 2.24) is 4.98 Å². The number of hydrogen-bond acceptors (Lipinski definition) is 4. The van der Waals surface area contributed by atoms with Crippen LogP contribution < -0.4 is 16.4 Å². The molecule has 1 heterocycles. The molecule has 104 valence electrons. The van der Waals surface area contributed by atoms with Gasteiger partial charge in [-0.2, -0.15) is 0 Å². The van der Waals surface area contributed by atoms with E-state index >= 15 is 0 Å². The smallest absolute Gasteiger partial charge is 0.267 e. The van der Waals surface area contributed by atoms with E-state index in [-0.39, 0.29) is 0 Å². The maximum atomic E-state index is 11.2. The molecule has 4 N–H and O–H groups in total. The van der Waals surface area contributed by atoms with Gasteiger partial charge < -0.3 is 16.4 Å². The number of amides is 1. The fourth-order valence-electron chi connectivity index (χ4n) is 3.04. The summed E-state index contributed by atoms with van der Waals surface area (Å²) in [6.45, 7) is 3.73. The van der Waals surface area contributed by atoms with E-state index in [1.54, 1.807) is 12.3 Å². The van der Waals surface area contributed by atoms with Gasteiger partial charge in [0.15, 0.2) is 0 Å². The largest absolute Gasteiger partial charge is 0.368 e. The summed E-state index contributed by atoms with van der Waals surface area (Å²) in [5, 5.41) is 0. The molecule has 1 aromatic rings. The number of pyridine rings is 1. The quantitative estimate of drug-likeness (QED) is 0.833. The van der Waals surface area contributed by atoms with Gasteiger partial charge in [-0.15, -0.1) is 0 Å². The second kappa shape index (κ2) is 6.02. The predicted octanol–water partition coefficient (Wildman–Crippen LogP) is 1.13. The third kappa shape index (κ3) is 2.87. The molecule has 0 spiro atoms. The maximum Gasteiger partial charge on any atom is 0.267 e. The molecule has 2 atom stereocenters. The van der Waals surface area contributed by atoms with E-state index in [0.717, 1.165) is 25.2 Å². The minimum atomic E-state index is -0.486. The molecular weight excluding hydrogens is 240 g/mol. The van der Waals surface area contributed by atoms with E-state index in [2.05, 4.69) is 16.8 Å². The molecule has 5 heteroatoms. The molecule has 1 aromatic heterocycles. The highest BCUT2D eigenvalue weighted by atomic mass is 16.1. The van der Waals surface area contributed by atoms with Crippen LogP contribution in [0.5, 0.6) is 0 Å². The van der Waals surface area contributed by atoms with Crippen molar-refractivity contribution in [1.29, 1.82) is 0 Å². The first kappa shape index (κ1) is 13.8. The van der Waals surface area contributed by atoms with Crippen LogP contribution in [0, 0.1) is 5.92 Å². The number of nitrogens with zero attached hydrogens (tertiary/aromatic N) is 2. The Hall–Kier alpha value is -1.62. The average Bonchev–Trinajstić information content (AvgIpc) is 2.88. The maximum absolute atomic E-state index is 11.2. The molecule has 0 saturated heterocycles. The molecule has 2 rings (SSSR count). The Labute approximate surface area is 114 Å². The van der Waals surface area contributed by atoms with Crippen LogP contribution in [0.1, 0.15) is 36.7 Å². The summed E-state index contributed by atoms with van der Waals surface area (Å²) in [7, 11) is 0. The van der Waals surface area contributed by atoms with Crippen LogP contribution in [0.3, 0.4) is 0 Å². The van der Waals surface area contributed by atoms with Crippen LogP contribution in [0.4, 0.5) is 5.69 Å². The van der Waals surface area contributed by atoms with E-state index < -0.39 is 5.91 Å². The molecule has 2 unspecified atom stereocenters. The SMILES string of the molecule is CCN(c1ccnc(C(N)=O)c1)C1CCCC1CN. The topological polar surface area (TPSA) is 85.2 Å². The van der Waals surface area contributed by atoms with Gasteiger partial charge in [-0.05, 0) is 44.4 Å². The van der Waals surface area contributed by atoms with Gasteiger partial charge in [0.05, 0.1) is 0 Å². The summed E-state index contributed by atoms with van der Waals surface area (Å²) in [6.07, 6.45) is 5.21. The van der Waals surface area contributed by atoms with Gasteiger partial charge >= 0.3 is 0 Å². The van der Waals surface area contributed by atoms with Gasteiger partial charge in [-0.25, -0.2) is 0 Å². The second-order valence-electron chi connectivity index (χ2n) is 5.04. The number of carbonyl (C=O) groups excluding carboxylic acids is 1. The third-order valence-corrected chi connectivity index (χ3v) is 3.99. The Morgan fingerprint density at radius 3 is 2.95 bits per heavy atom. The minimum Gasteiger partial charge on any atom is -0.368 e. The summed E-state index contributed by atoms with van der Waals surface area (Å²) in [5.41, 5.74) is 12.5. The molecule has 1 aliphatic carbocycles. The molecule has 0 aliphatic heterocycles. The lowest BCUT2D eigenvalue weighted by molar-refractivity contribution is 0.0995. The van der Waals surface area contributed by atoms with Crippen molar-refractivity contribution >= 4 is 11.6 Å². The van der Waals surface area contributed by atoms with Crippen molar-refractivity contribution in [2.45, 2.75) is 32.2 Å².